The van der Waals surface area contributed by atoms with E-state index in [0.717, 1.165) is 44.4 Å². The van der Waals surface area contributed by atoms with Crippen LogP contribution in [-0.2, 0) is 20.1 Å². The van der Waals surface area contributed by atoms with Crippen molar-refractivity contribution in [2.75, 3.05) is 0 Å². The van der Waals surface area contributed by atoms with Crippen molar-refractivity contribution in [1.82, 2.24) is 9.97 Å². The molecule has 3 nitrogen and oxygen atoms in total. The zero-order chi connectivity index (χ0) is 34.7. The second-order valence-electron chi connectivity index (χ2n) is 9.45. The van der Waals surface area contributed by atoms with Gasteiger partial charge in [0.1, 0.15) is 5.58 Å². The third-order valence-corrected chi connectivity index (χ3v) is 6.97. The molecular formula is C37H26IrN2O-2. The molecule has 201 valence electrons. The van der Waals surface area contributed by atoms with E-state index in [1.165, 1.54) is 40.4 Å². The molecule has 0 atom stereocenters. The Morgan fingerprint density at radius 1 is 0.707 bits per heavy atom. The predicted octanol–water partition coefficient (Wildman–Crippen LogP) is 9.71. The van der Waals surface area contributed by atoms with Crippen LogP contribution >= 0.6 is 0 Å². The van der Waals surface area contributed by atoms with Crippen molar-refractivity contribution in [1.29, 1.82) is 0 Å². The second kappa shape index (κ2) is 10.9. The van der Waals surface area contributed by atoms with Crippen LogP contribution < -0.4 is 0 Å². The van der Waals surface area contributed by atoms with Crippen LogP contribution in [-0.4, -0.2) is 9.97 Å². The Morgan fingerprint density at radius 2 is 1.49 bits per heavy atom. The van der Waals surface area contributed by atoms with E-state index in [2.05, 4.69) is 64.6 Å². The standard InChI is InChI=1S/C23H12NO.C14H14N.Ir/c1-2-7-15-14(6-1)17-9-5-11-24-23(17)20-13-22-19(12-18(15)20)16-8-3-4-10-21(16)25-22;1-10-4-6-13(7-5-10)14-8-11(2)12(3)9-15-14;/h1-12H;4-6,8-9H,1-3H3;/q2*-1;/i;1D3,2D3,3D3;. The number of furan rings is 1. The topological polar surface area (TPSA) is 38.9 Å². The van der Waals surface area contributed by atoms with E-state index in [9.17, 15) is 0 Å². The van der Waals surface area contributed by atoms with E-state index < -0.39 is 20.6 Å². The van der Waals surface area contributed by atoms with Gasteiger partial charge in [0.05, 0.1) is 5.58 Å². The Balaban J connectivity index is 0.000000170. The van der Waals surface area contributed by atoms with Gasteiger partial charge < -0.3 is 14.4 Å². The molecule has 0 aliphatic heterocycles. The number of para-hydroxylation sites is 1. The van der Waals surface area contributed by atoms with Crippen molar-refractivity contribution in [3.63, 3.8) is 0 Å². The molecule has 0 N–H and O–H groups in total. The third-order valence-electron chi connectivity index (χ3n) is 6.97. The Kier molecular flexibility index (Phi) is 4.82. The first-order valence-corrected chi connectivity index (χ1v) is 12.7. The maximum absolute atomic E-state index is 7.54. The molecule has 0 aliphatic carbocycles. The van der Waals surface area contributed by atoms with Gasteiger partial charge in [-0.1, -0.05) is 89.2 Å². The number of aryl methyl sites for hydroxylation is 3. The molecule has 0 fully saturated rings. The summed E-state index contributed by atoms with van der Waals surface area (Å²) >= 11 is 0. The first-order valence-electron chi connectivity index (χ1n) is 17.2. The Labute approximate surface area is 264 Å². The minimum absolute atomic E-state index is 0. The maximum atomic E-state index is 7.54. The number of rotatable bonds is 1. The van der Waals surface area contributed by atoms with E-state index in [0.29, 0.717) is 5.56 Å². The van der Waals surface area contributed by atoms with Gasteiger partial charge in [-0.3, -0.25) is 0 Å². The molecule has 0 saturated heterocycles. The summed E-state index contributed by atoms with van der Waals surface area (Å²) in [6.07, 6.45) is 2.86. The maximum Gasteiger partial charge on any atom is 0.123 e. The molecule has 4 heteroatoms. The third kappa shape index (κ3) is 4.80. The molecule has 5 aromatic carbocycles. The summed E-state index contributed by atoms with van der Waals surface area (Å²) in [5.41, 5.74) is 2.71. The average Bonchev–Trinajstić information content (AvgIpc) is 3.44. The van der Waals surface area contributed by atoms with Gasteiger partial charge in [0.25, 0.3) is 0 Å². The molecule has 3 aromatic heterocycles. The van der Waals surface area contributed by atoms with Crippen LogP contribution in [0.3, 0.4) is 0 Å². The molecule has 1 radical (unpaired) electrons. The van der Waals surface area contributed by atoms with Crippen molar-refractivity contribution < 1.29 is 36.9 Å². The number of pyridine rings is 2. The van der Waals surface area contributed by atoms with E-state index in [1.807, 2.05) is 30.5 Å². The van der Waals surface area contributed by atoms with Crippen molar-refractivity contribution in [2.45, 2.75) is 20.6 Å². The Bertz CT molecular complexity index is 2520. The fourth-order valence-corrected chi connectivity index (χ4v) is 5.06. The first kappa shape index (κ1) is 18.1. The first-order chi connectivity index (χ1) is 23.2. The van der Waals surface area contributed by atoms with Crippen molar-refractivity contribution >= 4 is 54.4 Å². The molecule has 0 amide bonds. The van der Waals surface area contributed by atoms with Crippen LogP contribution in [0.25, 0.3) is 65.6 Å². The van der Waals surface area contributed by atoms with E-state index in [-0.39, 0.29) is 42.5 Å². The largest absolute Gasteiger partial charge is 0.477 e. The smallest absolute Gasteiger partial charge is 0.123 e. The average molecular weight is 716 g/mol. The number of hydrogen-bond acceptors (Lipinski definition) is 3. The summed E-state index contributed by atoms with van der Waals surface area (Å²) in [5.74, 6) is 0. The van der Waals surface area contributed by atoms with Gasteiger partial charge in [-0.2, -0.15) is 0 Å². The van der Waals surface area contributed by atoms with E-state index >= 15 is 0 Å². The van der Waals surface area contributed by atoms with Gasteiger partial charge in [-0.25, -0.2) is 0 Å². The Morgan fingerprint density at radius 3 is 2.27 bits per heavy atom. The van der Waals surface area contributed by atoms with Crippen LogP contribution in [0.4, 0.5) is 0 Å². The number of fused-ring (bicyclic) bond motifs is 9. The molecule has 0 spiro atoms. The van der Waals surface area contributed by atoms with Crippen LogP contribution in [0.2, 0.25) is 0 Å². The predicted molar refractivity (Wildman–Crippen MR) is 166 cm³/mol. The number of aromatic nitrogens is 2. The van der Waals surface area contributed by atoms with Gasteiger partial charge in [0.15, 0.2) is 0 Å². The summed E-state index contributed by atoms with van der Waals surface area (Å²) in [6.45, 7) is -7.47. The summed E-state index contributed by atoms with van der Waals surface area (Å²) in [6, 6.07) is 34.6. The zero-order valence-corrected chi connectivity index (χ0v) is 23.8. The number of nitrogens with zero attached hydrogens (tertiary/aromatic N) is 2. The molecule has 0 bridgehead atoms. The van der Waals surface area contributed by atoms with Gasteiger partial charge in [-0.15, -0.1) is 46.8 Å². The molecule has 3 heterocycles. The molecule has 41 heavy (non-hydrogen) atoms. The van der Waals surface area contributed by atoms with Crippen LogP contribution in [0.15, 0.2) is 108 Å². The zero-order valence-electron chi connectivity index (χ0n) is 30.5. The second-order valence-corrected chi connectivity index (χ2v) is 9.45. The van der Waals surface area contributed by atoms with Gasteiger partial charge >= 0.3 is 0 Å². The molecule has 8 rings (SSSR count). The van der Waals surface area contributed by atoms with E-state index in [4.69, 9.17) is 16.8 Å². The summed E-state index contributed by atoms with van der Waals surface area (Å²) < 4.78 is 72.9. The van der Waals surface area contributed by atoms with Crippen molar-refractivity contribution in [2.24, 2.45) is 0 Å². The summed E-state index contributed by atoms with van der Waals surface area (Å²) in [7, 11) is 0. The van der Waals surface area contributed by atoms with Crippen LogP contribution in [0.5, 0.6) is 0 Å². The van der Waals surface area contributed by atoms with Gasteiger partial charge in [0, 0.05) is 44.8 Å². The number of hydrogen-bond donors (Lipinski definition) is 0. The normalized spacial score (nSPS) is 15.3. The quantitative estimate of drug-likeness (QED) is 0.126. The number of benzene rings is 5. The monoisotopic (exact) mass is 716 g/mol. The molecule has 0 saturated carbocycles. The fourth-order valence-electron chi connectivity index (χ4n) is 5.06. The molecule has 0 aliphatic rings. The summed E-state index contributed by atoms with van der Waals surface area (Å²) in [5, 5.41) is 8.00. The minimum Gasteiger partial charge on any atom is -0.477 e. The minimum atomic E-state index is -2.61. The van der Waals surface area contributed by atoms with Crippen molar-refractivity contribution in [3.05, 3.63) is 132 Å². The SMILES string of the molecule is [2H]C([2H])([2H])c1c[c-]c(-c2cc(C([2H])([2H])[2H])c(C([2H])([2H])[2H])cn2)cc1.[Ir].[c-]1c2oc3ccccc3c2cc2c1c1ncccc1c1ccccc21. The van der Waals surface area contributed by atoms with Crippen LogP contribution in [0, 0.1) is 32.7 Å². The van der Waals surface area contributed by atoms with Crippen molar-refractivity contribution in [3.8, 4) is 11.3 Å². The van der Waals surface area contributed by atoms with E-state index in [1.54, 1.807) is 0 Å². The molecule has 8 aromatic rings. The molecule has 0 unspecified atom stereocenters. The Hall–Kier alpha value is -4.37. The molecular weight excluding hydrogens is 681 g/mol. The van der Waals surface area contributed by atoms with Gasteiger partial charge in [0.2, 0.25) is 0 Å². The summed E-state index contributed by atoms with van der Waals surface area (Å²) in [4.78, 5) is 8.65. The van der Waals surface area contributed by atoms with Crippen LogP contribution in [0.1, 0.15) is 29.0 Å². The fraction of sp³-hybridized carbons (Fsp3) is 0.0811. The van der Waals surface area contributed by atoms with Gasteiger partial charge in [-0.05, 0) is 58.8 Å².